The Morgan fingerprint density at radius 2 is 1.67 bits per heavy atom. The van der Waals surface area contributed by atoms with Crippen molar-refractivity contribution < 1.29 is 19.0 Å². The number of methoxy groups -OCH3 is 1. The van der Waals surface area contributed by atoms with Crippen molar-refractivity contribution in [3.8, 4) is 16.9 Å². The molecule has 0 radical (unpaired) electrons. The number of fused-ring (bicyclic) bond motifs is 1. The maximum atomic E-state index is 14.3. The largest absolute Gasteiger partial charge is 0.497 e. The van der Waals surface area contributed by atoms with Gasteiger partial charge in [0.05, 0.1) is 12.7 Å². The number of halogens is 1. The Labute approximate surface area is 192 Å². The zero-order valence-corrected chi connectivity index (χ0v) is 18.8. The molecule has 0 spiro atoms. The Kier molecular flexibility index (Phi) is 6.43. The van der Waals surface area contributed by atoms with Crippen LogP contribution in [0.3, 0.4) is 0 Å². The summed E-state index contributed by atoms with van der Waals surface area (Å²) in [6.07, 6.45) is 0. The van der Waals surface area contributed by atoms with E-state index >= 15 is 0 Å². The van der Waals surface area contributed by atoms with E-state index < -0.39 is 11.8 Å². The van der Waals surface area contributed by atoms with E-state index in [0.29, 0.717) is 5.56 Å². The highest BCUT2D eigenvalue weighted by atomic mass is 19.1. The molecule has 0 aromatic heterocycles. The van der Waals surface area contributed by atoms with Crippen LogP contribution in [-0.2, 0) is 0 Å². The summed E-state index contributed by atoms with van der Waals surface area (Å²) in [7, 11) is 1.65. The molecule has 1 unspecified atom stereocenters. The van der Waals surface area contributed by atoms with Crippen molar-refractivity contribution in [1.82, 2.24) is 5.32 Å². The number of carboxylic acid groups (broad SMARTS) is 1. The molecule has 2 atom stereocenters. The van der Waals surface area contributed by atoms with Gasteiger partial charge >= 0.3 is 5.97 Å². The second-order valence-corrected chi connectivity index (χ2v) is 8.21. The molecular formula is C28H26FNO3. The quantitative estimate of drug-likeness (QED) is 0.331. The van der Waals surface area contributed by atoms with Crippen molar-refractivity contribution in [3.63, 3.8) is 0 Å². The van der Waals surface area contributed by atoms with Crippen molar-refractivity contribution in [1.29, 1.82) is 0 Å². The number of carboxylic acids is 1. The van der Waals surface area contributed by atoms with E-state index in [1.807, 2.05) is 48.5 Å². The van der Waals surface area contributed by atoms with Crippen LogP contribution in [0.1, 0.15) is 47.4 Å². The van der Waals surface area contributed by atoms with Crippen LogP contribution in [0.15, 0.2) is 78.9 Å². The van der Waals surface area contributed by atoms with Crippen LogP contribution in [0.25, 0.3) is 21.9 Å². The van der Waals surface area contributed by atoms with Gasteiger partial charge in [-0.1, -0.05) is 36.4 Å². The van der Waals surface area contributed by atoms with Gasteiger partial charge in [-0.05, 0) is 89.3 Å². The highest BCUT2D eigenvalue weighted by molar-refractivity contribution is 5.99. The molecule has 4 nitrogen and oxygen atoms in total. The minimum Gasteiger partial charge on any atom is -0.497 e. The monoisotopic (exact) mass is 443 g/mol. The lowest BCUT2D eigenvalue weighted by atomic mass is 9.92. The first-order valence-electron chi connectivity index (χ1n) is 10.8. The second kappa shape index (κ2) is 9.43. The zero-order chi connectivity index (χ0) is 23.5. The third-order valence-electron chi connectivity index (χ3n) is 5.93. The third-order valence-corrected chi connectivity index (χ3v) is 5.93. The van der Waals surface area contributed by atoms with E-state index in [9.17, 15) is 14.3 Å². The molecule has 0 heterocycles. The van der Waals surface area contributed by atoms with E-state index in [2.05, 4.69) is 31.3 Å². The van der Waals surface area contributed by atoms with Crippen LogP contribution >= 0.6 is 0 Å². The smallest absolute Gasteiger partial charge is 0.335 e. The molecule has 4 rings (SSSR count). The second-order valence-electron chi connectivity index (χ2n) is 8.21. The lowest BCUT2D eigenvalue weighted by Gasteiger charge is -2.22. The first-order valence-corrected chi connectivity index (χ1v) is 10.8. The highest BCUT2D eigenvalue weighted by Gasteiger charge is 2.16. The van der Waals surface area contributed by atoms with Gasteiger partial charge in [-0.3, -0.25) is 0 Å². The predicted molar refractivity (Wildman–Crippen MR) is 129 cm³/mol. The third kappa shape index (κ3) is 4.89. The molecule has 0 aliphatic heterocycles. The van der Waals surface area contributed by atoms with Gasteiger partial charge < -0.3 is 15.2 Å². The number of nitrogens with one attached hydrogen (secondary N) is 1. The van der Waals surface area contributed by atoms with Crippen molar-refractivity contribution in [2.45, 2.75) is 25.9 Å². The molecule has 0 fully saturated rings. The van der Waals surface area contributed by atoms with Crippen LogP contribution in [0.4, 0.5) is 4.39 Å². The summed E-state index contributed by atoms with van der Waals surface area (Å²) in [6.45, 7) is 4.18. The van der Waals surface area contributed by atoms with E-state index in [0.717, 1.165) is 39.3 Å². The van der Waals surface area contributed by atoms with Gasteiger partial charge in [0, 0.05) is 12.1 Å². The Hall–Kier alpha value is -3.70. The van der Waals surface area contributed by atoms with Gasteiger partial charge in [0.15, 0.2) is 0 Å². The topological polar surface area (TPSA) is 58.6 Å². The first kappa shape index (κ1) is 22.5. The molecule has 0 aliphatic carbocycles. The zero-order valence-electron chi connectivity index (χ0n) is 18.8. The summed E-state index contributed by atoms with van der Waals surface area (Å²) < 4.78 is 19.6. The SMILES string of the molecule is COc1cccc([C@@H](C)NC(C)c2cc(-c3cc(F)cc(C(=O)O)c3)c3ccccc3c2)c1. The van der Waals surface area contributed by atoms with Crippen molar-refractivity contribution >= 4 is 16.7 Å². The van der Waals surface area contributed by atoms with E-state index in [-0.39, 0.29) is 17.6 Å². The van der Waals surface area contributed by atoms with Gasteiger partial charge in [-0.25, -0.2) is 9.18 Å². The van der Waals surface area contributed by atoms with Crippen LogP contribution in [0, 0.1) is 5.82 Å². The summed E-state index contributed by atoms with van der Waals surface area (Å²) in [5.41, 5.74) is 3.40. The average Bonchev–Trinajstić information content (AvgIpc) is 2.82. The van der Waals surface area contributed by atoms with Crippen molar-refractivity contribution in [2.24, 2.45) is 0 Å². The fourth-order valence-electron chi connectivity index (χ4n) is 4.17. The number of carbonyl (C=O) groups is 1. The molecule has 0 bridgehead atoms. The maximum absolute atomic E-state index is 14.3. The van der Waals surface area contributed by atoms with E-state index in [1.165, 1.54) is 12.1 Å². The summed E-state index contributed by atoms with van der Waals surface area (Å²) >= 11 is 0. The lowest BCUT2D eigenvalue weighted by Crippen LogP contribution is -2.22. The Balaban J connectivity index is 1.74. The molecule has 4 aromatic rings. The standard InChI is InChI=1S/C28H26FNO3/c1-17(19-8-6-9-25(15-19)33-3)30-18(2)21-11-20-7-4-5-10-26(20)27(16-21)22-12-23(28(31)32)14-24(29)13-22/h4-18,30H,1-3H3,(H,31,32)/t17-,18?/m1/s1. The molecule has 0 aliphatic rings. The Bertz CT molecular complexity index is 1320. The van der Waals surface area contributed by atoms with Gasteiger partial charge in [0.2, 0.25) is 0 Å². The van der Waals surface area contributed by atoms with Gasteiger partial charge in [0.1, 0.15) is 11.6 Å². The highest BCUT2D eigenvalue weighted by Crippen LogP contribution is 2.34. The van der Waals surface area contributed by atoms with Crippen molar-refractivity contribution in [3.05, 3.63) is 101 Å². The number of benzene rings is 4. The maximum Gasteiger partial charge on any atom is 0.335 e. The molecule has 33 heavy (non-hydrogen) atoms. The summed E-state index contributed by atoms with van der Waals surface area (Å²) in [5, 5.41) is 15.0. The van der Waals surface area contributed by atoms with E-state index in [1.54, 1.807) is 7.11 Å². The van der Waals surface area contributed by atoms with Crippen LogP contribution in [-0.4, -0.2) is 18.2 Å². The molecule has 5 heteroatoms. The summed E-state index contributed by atoms with van der Waals surface area (Å²) in [4.78, 5) is 11.5. The van der Waals surface area contributed by atoms with Gasteiger partial charge in [-0.2, -0.15) is 0 Å². The summed E-state index contributed by atoms with van der Waals surface area (Å²) in [6, 6.07) is 23.9. The minimum absolute atomic E-state index is 0.0120. The number of hydrogen-bond donors (Lipinski definition) is 2. The number of aromatic carboxylic acids is 1. The summed E-state index contributed by atoms with van der Waals surface area (Å²) in [5.74, 6) is -0.919. The first-order chi connectivity index (χ1) is 15.9. The molecular weight excluding hydrogens is 417 g/mol. The van der Waals surface area contributed by atoms with Crippen LogP contribution < -0.4 is 10.1 Å². The van der Waals surface area contributed by atoms with E-state index in [4.69, 9.17) is 4.74 Å². The molecule has 4 aromatic carbocycles. The van der Waals surface area contributed by atoms with Crippen LogP contribution in [0.5, 0.6) is 5.75 Å². The Morgan fingerprint density at radius 3 is 2.42 bits per heavy atom. The minimum atomic E-state index is -1.15. The fourth-order valence-corrected chi connectivity index (χ4v) is 4.17. The Morgan fingerprint density at radius 1 is 0.909 bits per heavy atom. The van der Waals surface area contributed by atoms with Crippen molar-refractivity contribution in [2.75, 3.05) is 7.11 Å². The molecule has 0 saturated carbocycles. The van der Waals surface area contributed by atoms with Gasteiger partial charge in [-0.15, -0.1) is 0 Å². The fraction of sp³-hybridized carbons (Fsp3) is 0.179. The average molecular weight is 444 g/mol. The molecule has 0 amide bonds. The lowest BCUT2D eigenvalue weighted by molar-refractivity contribution is 0.0696. The molecule has 0 saturated heterocycles. The molecule has 168 valence electrons. The normalized spacial score (nSPS) is 13.0. The van der Waals surface area contributed by atoms with Gasteiger partial charge in [0.25, 0.3) is 0 Å². The molecule has 2 N–H and O–H groups in total. The number of ether oxygens (including phenoxy) is 1. The predicted octanol–water partition coefficient (Wildman–Crippen LogP) is 6.76. The number of rotatable bonds is 7. The number of hydrogen-bond acceptors (Lipinski definition) is 3. The van der Waals surface area contributed by atoms with Crippen LogP contribution in [0.2, 0.25) is 0 Å².